The molecule has 0 aromatic carbocycles. The number of carbonyl (C=O) groups is 2. The summed E-state index contributed by atoms with van der Waals surface area (Å²) in [4.78, 5) is 23.4. The molecule has 0 aromatic rings. The Morgan fingerprint density at radius 1 is 1.00 bits per heavy atom. The van der Waals surface area contributed by atoms with E-state index in [1.807, 2.05) is 0 Å². The molecule has 0 unspecified atom stereocenters. The first-order valence-electron chi connectivity index (χ1n) is 10.4. The van der Waals surface area contributed by atoms with Gasteiger partial charge in [0.25, 0.3) is 0 Å². The van der Waals surface area contributed by atoms with E-state index < -0.39 is 0 Å². The first-order chi connectivity index (χ1) is 11.4. The van der Waals surface area contributed by atoms with E-state index in [1.165, 1.54) is 44.8 Å². The van der Waals surface area contributed by atoms with Crippen molar-refractivity contribution in [2.75, 3.05) is 0 Å². The Morgan fingerprint density at radius 2 is 1.75 bits per heavy atom. The molecule has 8 atom stereocenters. The lowest BCUT2D eigenvalue weighted by atomic mass is 9.44. The molecule has 4 aliphatic rings. The van der Waals surface area contributed by atoms with Gasteiger partial charge in [0.15, 0.2) is 0 Å². The highest BCUT2D eigenvalue weighted by Gasteiger charge is 2.60. The Kier molecular flexibility index (Phi) is 3.97. The molecule has 4 saturated carbocycles. The average molecular weight is 331 g/mol. The summed E-state index contributed by atoms with van der Waals surface area (Å²) in [5.74, 6) is 4.47. The summed E-state index contributed by atoms with van der Waals surface area (Å²) in [5, 5.41) is 0. The van der Waals surface area contributed by atoms with Crippen LogP contribution in [0.2, 0.25) is 0 Å². The van der Waals surface area contributed by atoms with Gasteiger partial charge in [-0.15, -0.1) is 0 Å². The zero-order chi connectivity index (χ0) is 17.1. The quantitative estimate of drug-likeness (QED) is 0.664. The van der Waals surface area contributed by atoms with E-state index in [-0.39, 0.29) is 5.92 Å². The van der Waals surface area contributed by atoms with Gasteiger partial charge in [0, 0.05) is 18.8 Å². The monoisotopic (exact) mass is 330 g/mol. The van der Waals surface area contributed by atoms with Crippen molar-refractivity contribution in [2.45, 2.75) is 78.6 Å². The molecular weight excluding hydrogens is 296 g/mol. The minimum Gasteiger partial charge on any atom is -0.303 e. The molecular formula is C22H34O2. The normalized spacial score (nSPS) is 52.1. The van der Waals surface area contributed by atoms with Crippen LogP contribution in [-0.2, 0) is 9.59 Å². The summed E-state index contributed by atoms with van der Waals surface area (Å²) in [6.07, 6.45) is 11.8. The fourth-order valence-electron chi connectivity index (χ4n) is 8.04. The Hall–Kier alpha value is -0.660. The van der Waals surface area contributed by atoms with Crippen LogP contribution in [0, 0.1) is 46.3 Å². The summed E-state index contributed by atoms with van der Waals surface area (Å²) in [6.45, 7) is 7.16. The van der Waals surface area contributed by atoms with Gasteiger partial charge in [-0.05, 0) is 85.4 Å². The van der Waals surface area contributed by atoms with E-state index in [4.69, 9.17) is 0 Å². The van der Waals surface area contributed by atoms with E-state index in [9.17, 15) is 9.59 Å². The van der Waals surface area contributed by atoms with Crippen LogP contribution in [0.5, 0.6) is 0 Å². The number of rotatable bonds is 2. The molecule has 134 valence electrons. The summed E-state index contributed by atoms with van der Waals surface area (Å²) < 4.78 is 0. The second-order valence-electron chi connectivity index (χ2n) is 10.1. The van der Waals surface area contributed by atoms with Crippen LogP contribution < -0.4 is 0 Å². The second-order valence-corrected chi connectivity index (χ2v) is 10.1. The third-order valence-corrected chi connectivity index (χ3v) is 9.40. The molecule has 0 aliphatic heterocycles. The first-order valence-corrected chi connectivity index (χ1v) is 10.4. The van der Waals surface area contributed by atoms with Crippen LogP contribution in [-0.4, -0.2) is 12.1 Å². The summed E-state index contributed by atoms with van der Waals surface area (Å²) >= 11 is 0. The van der Waals surface area contributed by atoms with Gasteiger partial charge in [0.05, 0.1) is 0 Å². The van der Waals surface area contributed by atoms with E-state index in [1.54, 1.807) is 0 Å². The number of carbonyl (C=O) groups excluding carboxylic acids is 2. The lowest BCUT2D eigenvalue weighted by Crippen LogP contribution is -2.53. The highest BCUT2D eigenvalue weighted by Crippen LogP contribution is 2.67. The summed E-state index contributed by atoms with van der Waals surface area (Å²) in [5.41, 5.74) is 0.793. The fourth-order valence-corrected chi connectivity index (χ4v) is 8.04. The van der Waals surface area contributed by atoms with Crippen molar-refractivity contribution in [3.8, 4) is 0 Å². The maximum atomic E-state index is 12.0. The van der Waals surface area contributed by atoms with Gasteiger partial charge < -0.3 is 4.79 Å². The molecule has 2 nitrogen and oxygen atoms in total. The highest BCUT2D eigenvalue weighted by atomic mass is 16.1. The Balaban J connectivity index is 1.61. The molecule has 2 heteroatoms. The molecule has 0 heterocycles. The smallest absolute Gasteiger partial charge is 0.133 e. The predicted molar refractivity (Wildman–Crippen MR) is 95.5 cm³/mol. The van der Waals surface area contributed by atoms with Crippen molar-refractivity contribution in [1.82, 2.24) is 0 Å². The molecule has 0 bridgehead atoms. The minimum absolute atomic E-state index is 0.218. The maximum Gasteiger partial charge on any atom is 0.133 e. The highest BCUT2D eigenvalue weighted by molar-refractivity contribution is 5.79. The van der Waals surface area contributed by atoms with Crippen LogP contribution in [0.1, 0.15) is 78.6 Å². The SMILES string of the molecule is C[C@H](C=O)[C@H]1CC[C@H]2[C@@H]3CC[C@H]4CC(=O)CC[C@]4(C)[C@H]3CC[C@]12C. The van der Waals surface area contributed by atoms with Gasteiger partial charge in [-0.3, -0.25) is 4.79 Å². The van der Waals surface area contributed by atoms with Gasteiger partial charge in [-0.2, -0.15) is 0 Å². The molecule has 0 saturated heterocycles. The lowest BCUT2D eigenvalue weighted by molar-refractivity contribution is -0.140. The lowest BCUT2D eigenvalue weighted by Gasteiger charge is -2.60. The standard InChI is InChI=1S/C22H34O2/c1-14(13-23)18-6-7-19-17-5-4-15-12-16(24)8-10-21(15,2)20(17)9-11-22(18,19)3/h13-15,17-20H,4-12H2,1-3H3/t14-,15+,17+,18-,19+,20+,21+,22-/m1/s1. The number of hydrogen-bond donors (Lipinski definition) is 0. The molecule has 0 N–H and O–H groups in total. The first kappa shape index (κ1) is 16.8. The van der Waals surface area contributed by atoms with Crippen LogP contribution in [0.25, 0.3) is 0 Å². The van der Waals surface area contributed by atoms with Gasteiger partial charge in [-0.25, -0.2) is 0 Å². The Morgan fingerprint density at radius 3 is 2.50 bits per heavy atom. The van der Waals surface area contributed by atoms with Gasteiger partial charge in [0.1, 0.15) is 12.1 Å². The van der Waals surface area contributed by atoms with Crippen LogP contribution in [0.15, 0.2) is 0 Å². The number of ketones is 1. The van der Waals surface area contributed by atoms with Crippen LogP contribution in [0.3, 0.4) is 0 Å². The van der Waals surface area contributed by atoms with Gasteiger partial charge in [-0.1, -0.05) is 20.8 Å². The molecule has 0 aromatic heterocycles. The summed E-state index contributed by atoms with van der Waals surface area (Å²) in [7, 11) is 0. The van der Waals surface area contributed by atoms with Crippen molar-refractivity contribution in [2.24, 2.45) is 46.3 Å². The van der Waals surface area contributed by atoms with E-state index in [2.05, 4.69) is 20.8 Å². The van der Waals surface area contributed by atoms with Crippen molar-refractivity contribution >= 4 is 12.1 Å². The van der Waals surface area contributed by atoms with Gasteiger partial charge >= 0.3 is 0 Å². The number of fused-ring (bicyclic) bond motifs is 5. The van der Waals surface area contributed by atoms with Crippen LogP contribution in [0.4, 0.5) is 0 Å². The topological polar surface area (TPSA) is 34.1 Å². The van der Waals surface area contributed by atoms with Crippen molar-refractivity contribution in [1.29, 1.82) is 0 Å². The molecule has 4 aliphatic carbocycles. The number of aldehydes is 1. The predicted octanol–water partition coefficient (Wildman–Crippen LogP) is 5.05. The van der Waals surface area contributed by atoms with E-state index >= 15 is 0 Å². The van der Waals surface area contributed by atoms with E-state index in [0.29, 0.717) is 28.4 Å². The van der Waals surface area contributed by atoms with Crippen LogP contribution >= 0.6 is 0 Å². The third-order valence-electron chi connectivity index (χ3n) is 9.40. The molecule has 4 fully saturated rings. The Labute approximate surface area is 147 Å². The van der Waals surface area contributed by atoms with E-state index in [0.717, 1.165) is 37.0 Å². The van der Waals surface area contributed by atoms with Crippen molar-refractivity contribution < 1.29 is 9.59 Å². The maximum absolute atomic E-state index is 12.0. The zero-order valence-corrected chi connectivity index (χ0v) is 15.7. The average Bonchev–Trinajstić information content (AvgIpc) is 2.92. The molecule has 0 spiro atoms. The third kappa shape index (κ3) is 2.20. The van der Waals surface area contributed by atoms with Gasteiger partial charge in [0.2, 0.25) is 0 Å². The molecule has 24 heavy (non-hydrogen) atoms. The Bertz CT molecular complexity index is 540. The van der Waals surface area contributed by atoms with Crippen molar-refractivity contribution in [3.05, 3.63) is 0 Å². The number of Topliss-reactive ketones (excluding diaryl/α,β-unsaturated/α-hetero) is 1. The second kappa shape index (κ2) is 5.68. The zero-order valence-electron chi connectivity index (χ0n) is 15.7. The number of hydrogen-bond acceptors (Lipinski definition) is 2. The summed E-state index contributed by atoms with van der Waals surface area (Å²) in [6, 6.07) is 0. The molecule has 0 radical (unpaired) electrons. The van der Waals surface area contributed by atoms with Crippen molar-refractivity contribution in [3.63, 3.8) is 0 Å². The minimum atomic E-state index is 0.218. The molecule has 4 rings (SSSR count). The fraction of sp³-hybridized carbons (Fsp3) is 0.909. The molecule has 0 amide bonds. The largest absolute Gasteiger partial charge is 0.303 e.